The lowest BCUT2D eigenvalue weighted by Gasteiger charge is -2.13. The first-order chi connectivity index (χ1) is 10.3. The lowest BCUT2D eigenvalue weighted by atomic mass is 9.99. The van der Waals surface area contributed by atoms with E-state index in [2.05, 4.69) is 5.92 Å². The van der Waals surface area contributed by atoms with Gasteiger partial charge in [0, 0.05) is 16.8 Å². The molecule has 0 saturated heterocycles. The molecule has 0 aliphatic carbocycles. The van der Waals surface area contributed by atoms with Crippen LogP contribution in [0.4, 0.5) is 0 Å². The lowest BCUT2D eigenvalue weighted by molar-refractivity contribution is 0.0696. The fourth-order valence-corrected chi connectivity index (χ4v) is 3.40. The second-order valence-corrected chi connectivity index (χ2v) is 6.98. The van der Waals surface area contributed by atoms with Gasteiger partial charge in [-0.25, -0.2) is 13.2 Å². The van der Waals surface area contributed by atoms with E-state index < -0.39 is 15.8 Å². The number of benzene rings is 2. The van der Waals surface area contributed by atoms with Crippen LogP contribution in [0.5, 0.6) is 0 Å². The van der Waals surface area contributed by atoms with Gasteiger partial charge in [-0.2, -0.15) is 0 Å². The first kappa shape index (κ1) is 16.1. The van der Waals surface area contributed by atoms with Gasteiger partial charge in [-0.3, -0.25) is 0 Å². The summed E-state index contributed by atoms with van der Waals surface area (Å²) in [6.45, 7) is 0. The summed E-state index contributed by atoms with van der Waals surface area (Å²) >= 11 is 5.83. The summed E-state index contributed by atoms with van der Waals surface area (Å²) in [6, 6.07) is 9.26. The van der Waals surface area contributed by atoms with Crippen LogP contribution in [0.25, 0.3) is 11.1 Å². The average molecular weight is 335 g/mol. The minimum Gasteiger partial charge on any atom is -0.478 e. The van der Waals surface area contributed by atoms with Crippen LogP contribution in [0.15, 0.2) is 41.3 Å². The van der Waals surface area contributed by atoms with Crippen LogP contribution in [0, 0.1) is 12.3 Å². The number of halogens is 1. The maximum Gasteiger partial charge on any atom is 0.337 e. The molecule has 0 spiro atoms. The van der Waals surface area contributed by atoms with Crippen molar-refractivity contribution in [2.75, 3.05) is 6.26 Å². The molecule has 112 valence electrons. The molecule has 4 nitrogen and oxygen atoms in total. The Labute approximate surface area is 133 Å². The molecule has 0 aliphatic heterocycles. The smallest absolute Gasteiger partial charge is 0.337 e. The van der Waals surface area contributed by atoms with Gasteiger partial charge in [-0.1, -0.05) is 35.7 Å². The van der Waals surface area contributed by atoms with E-state index in [0.29, 0.717) is 16.1 Å². The Bertz CT molecular complexity index is 891. The topological polar surface area (TPSA) is 71.4 Å². The van der Waals surface area contributed by atoms with Crippen molar-refractivity contribution in [2.45, 2.75) is 4.90 Å². The summed E-state index contributed by atoms with van der Waals surface area (Å²) in [5.74, 6) is 0.910. The Morgan fingerprint density at radius 1 is 1.18 bits per heavy atom. The summed E-state index contributed by atoms with van der Waals surface area (Å²) in [5.41, 5.74) is 0.554. The molecule has 0 fully saturated rings. The second kappa shape index (κ2) is 5.84. The van der Waals surface area contributed by atoms with Gasteiger partial charge in [0.05, 0.1) is 16.0 Å². The Hall–Kier alpha value is -2.29. The Balaban J connectivity index is 2.90. The zero-order valence-electron chi connectivity index (χ0n) is 11.5. The standard InChI is InChI=1S/C16H11ClO4S/c1-3-12-14(16(18)19)9-8-13(15(12)22(2,20)21)10-4-6-11(17)7-5-10/h1,4-9H,2H3,(H,18,19). The maximum atomic E-state index is 12.1. The minimum absolute atomic E-state index is 0.151. The number of hydrogen-bond donors (Lipinski definition) is 1. The maximum absolute atomic E-state index is 12.1. The average Bonchev–Trinajstić information content (AvgIpc) is 2.45. The number of hydrogen-bond acceptors (Lipinski definition) is 3. The van der Waals surface area contributed by atoms with Crippen LogP contribution in [0.1, 0.15) is 15.9 Å². The molecule has 2 aromatic carbocycles. The highest BCUT2D eigenvalue weighted by molar-refractivity contribution is 7.91. The van der Waals surface area contributed by atoms with Gasteiger partial charge in [0.2, 0.25) is 0 Å². The molecular formula is C16H11ClO4S. The van der Waals surface area contributed by atoms with E-state index in [1.807, 2.05) is 0 Å². The van der Waals surface area contributed by atoms with Gasteiger partial charge in [0.15, 0.2) is 9.84 Å². The van der Waals surface area contributed by atoms with E-state index in [9.17, 15) is 18.3 Å². The molecule has 0 bridgehead atoms. The highest BCUT2D eigenvalue weighted by Crippen LogP contribution is 2.32. The normalized spacial score (nSPS) is 11.0. The van der Waals surface area contributed by atoms with Crippen molar-refractivity contribution < 1.29 is 18.3 Å². The van der Waals surface area contributed by atoms with Crippen LogP contribution in [0.3, 0.4) is 0 Å². The molecule has 6 heteroatoms. The van der Waals surface area contributed by atoms with E-state index >= 15 is 0 Å². The summed E-state index contributed by atoms with van der Waals surface area (Å²) in [6.07, 6.45) is 6.35. The van der Waals surface area contributed by atoms with Crippen LogP contribution in [-0.4, -0.2) is 25.7 Å². The van der Waals surface area contributed by atoms with Gasteiger partial charge in [-0.05, 0) is 23.8 Å². The van der Waals surface area contributed by atoms with E-state index in [1.165, 1.54) is 12.1 Å². The summed E-state index contributed by atoms with van der Waals surface area (Å²) < 4.78 is 24.3. The summed E-state index contributed by atoms with van der Waals surface area (Å²) in [4.78, 5) is 11.1. The van der Waals surface area contributed by atoms with Gasteiger partial charge in [0.25, 0.3) is 0 Å². The lowest BCUT2D eigenvalue weighted by Crippen LogP contribution is -2.09. The van der Waals surface area contributed by atoms with Crippen molar-refractivity contribution in [1.82, 2.24) is 0 Å². The van der Waals surface area contributed by atoms with Crippen LogP contribution in [-0.2, 0) is 9.84 Å². The predicted octanol–water partition coefficient (Wildman–Crippen LogP) is 3.09. The molecule has 0 radical (unpaired) electrons. The molecule has 0 aliphatic rings. The Morgan fingerprint density at radius 2 is 1.77 bits per heavy atom. The molecular weight excluding hydrogens is 324 g/mol. The van der Waals surface area contributed by atoms with Gasteiger partial charge in [0.1, 0.15) is 0 Å². The van der Waals surface area contributed by atoms with Crippen molar-refractivity contribution in [1.29, 1.82) is 0 Å². The van der Waals surface area contributed by atoms with Crippen LogP contribution >= 0.6 is 11.6 Å². The van der Waals surface area contributed by atoms with Crippen molar-refractivity contribution in [2.24, 2.45) is 0 Å². The molecule has 0 saturated carbocycles. The largest absolute Gasteiger partial charge is 0.478 e. The number of carbonyl (C=O) groups is 1. The number of aromatic carboxylic acids is 1. The van der Waals surface area contributed by atoms with Gasteiger partial charge >= 0.3 is 5.97 Å². The highest BCUT2D eigenvalue weighted by atomic mass is 35.5. The van der Waals surface area contributed by atoms with Crippen molar-refractivity contribution in [3.05, 3.63) is 52.5 Å². The summed E-state index contributed by atoms with van der Waals surface area (Å²) in [5, 5.41) is 9.68. The monoisotopic (exact) mass is 334 g/mol. The van der Waals surface area contributed by atoms with Gasteiger partial charge in [-0.15, -0.1) is 6.42 Å². The zero-order chi connectivity index (χ0) is 16.5. The van der Waals surface area contributed by atoms with Gasteiger partial charge < -0.3 is 5.11 Å². The van der Waals surface area contributed by atoms with Crippen LogP contribution < -0.4 is 0 Å². The predicted molar refractivity (Wildman–Crippen MR) is 84.9 cm³/mol. The molecule has 0 amide bonds. The van der Waals surface area contributed by atoms with Crippen molar-refractivity contribution in [3.63, 3.8) is 0 Å². The Morgan fingerprint density at radius 3 is 2.23 bits per heavy atom. The Kier molecular flexibility index (Phi) is 4.27. The molecule has 0 atom stereocenters. The molecule has 2 rings (SSSR count). The number of terminal acetylenes is 1. The zero-order valence-corrected chi connectivity index (χ0v) is 13.1. The quantitative estimate of drug-likeness (QED) is 0.875. The fourth-order valence-electron chi connectivity index (χ4n) is 2.15. The molecule has 0 heterocycles. The minimum atomic E-state index is -3.73. The number of rotatable bonds is 3. The number of carboxylic acids is 1. The second-order valence-electron chi connectivity index (χ2n) is 4.59. The summed E-state index contributed by atoms with van der Waals surface area (Å²) in [7, 11) is -3.73. The molecule has 1 N–H and O–H groups in total. The fraction of sp³-hybridized carbons (Fsp3) is 0.0625. The number of carboxylic acid groups (broad SMARTS) is 1. The van der Waals surface area contributed by atoms with Crippen molar-refractivity contribution in [3.8, 4) is 23.5 Å². The van der Waals surface area contributed by atoms with Crippen LogP contribution in [0.2, 0.25) is 5.02 Å². The molecule has 0 aromatic heterocycles. The van der Waals surface area contributed by atoms with E-state index in [1.54, 1.807) is 24.3 Å². The number of sulfone groups is 1. The third-order valence-electron chi connectivity index (χ3n) is 3.06. The molecule has 0 unspecified atom stereocenters. The highest BCUT2D eigenvalue weighted by Gasteiger charge is 2.23. The SMILES string of the molecule is C#Cc1c(C(=O)O)ccc(-c2ccc(Cl)cc2)c1S(C)(=O)=O. The van der Waals surface area contributed by atoms with Crippen molar-refractivity contribution >= 4 is 27.4 Å². The third kappa shape index (κ3) is 2.98. The first-order valence-corrected chi connectivity index (χ1v) is 8.35. The molecule has 2 aromatic rings. The molecule has 22 heavy (non-hydrogen) atoms. The van der Waals surface area contributed by atoms with E-state index in [-0.39, 0.29) is 16.0 Å². The first-order valence-electron chi connectivity index (χ1n) is 6.08. The third-order valence-corrected chi connectivity index (χ3v) is 4.48. The van der Waals surface area contributed by atoms with E-state index in [0.717, 1.165) is 6.26 Å². The van der Waals surface area contributed by atoms with E-state index in [4.69, 9.17) is 18.0 Å².